The maximum atomic E-state index is 12.1. The molecule has 2 heterocycles. The Morgan fingerprint density at radius 2 is 2.10 bits per heavy atom. The second-order valence-corrected chi connectivity index (χ2v) is 5.89. The van der Waals surface area contributed by atoms with E-state index in [1.807, 2.05) is 11.0 Å². The minimum Gasteiger partial charge on any atom is -0.381 e. The zero-order valence-corrected chi connectivity index (χ0v) is 12.4. The highest BCUT2D eigenvalue weighted by atomic mass is 16.5. The molecule has 2 saturated heterocycles. The average molecular weight is 289 g/mol. The van der Waals surface area contributed by atoms with Crippen LogP contribution < -0.4 is 0 Å². The zero-order chi connectivity index (χ0) is 14.5. The van der Waals surface area contributed by atoms with E-state index in [-0.39, 0.29) is 17.9 Å². The number of carbonyl (C=O) groups excluding carboxylic acids is 1. The Morgan fingerprint density at radius 1 is 1.29 bits per heavy atom. The van der Waals surface area contributed by atoms with Gasteiger partial charge in [0.25, 0.3) is 0 Å². The van der Waals surface area contributed by atoms with Crippen LogP contribution in [0.25, 0.3) is 0 Å². The van der Waals surface area contributed by atoms with Gasteiger partial charge in [0.05, 0.1) is 18.6 Å². The monoisotopic (exact) mass is 289 g/mol. The molecule has 4 nitrogen and oxygen atoms in total. The molecule has 1 aromatic carbocycles. The summed E-state index contributed by atoms with van der Waals surface area (Å²) in [5.74, 6) is 0.334. The van der Waals surface area contributed by atoms with Crippen LogP contribution in [0.2, 0.25) is 0 Å². The summed E-state index contributed by atoms with van der Waals surface area (Å²) in [6, 6.07) is 10.5. The van der Waals surface area contributed by atoms with Gasteiger partial charge in [-0.05, 0) is 24.8 Å². The number of rotatable bonds is 6. The third kappa shape index (κ3) is 3.83. The normalized spacial score (nSPS) is 22.3. The summed E-state index contributed by atoms with van der Waals surface area (Å²) < 4.78 is 11.1. The molecule has 2 aliphatic rings. The lowest BCUT2D eigenvalue weighted by molar-refractivity contribution is -0.149. The predicted molar refractivity (Wildman–Crippen MR) is 80.0 cm³/mol. The molecule has 0 saturated carbocycles. The Hall–Kier alpha value is -1.39. The third-order valence-corrected chi connectivity index (χ3v) is 4.24. The van der Waals surface area contributed by atoms with Gasteiger partial charge in [0, 0.05) is 26.3 Å². The molecule has 21 heavy (non-hydrogen) atoms. The lowest BCUT2D eigenvalue weighted by Crippen LogP contribution is -2.56. The fourth-order valence-electron chi connectivity index (χ4n) is 2.88. The van der Waals surface area contributed by atoms with Crippen LogP contribution in [-0.2, 0) is 20.7 Å². The second-order valence-electron chi connectivity index (χ2n) is 5.89. The standard InChI is InChI=1S/C17H23NO3/c19-17(15-8-10-20-13-15)18-11-16(12-18)21-9-4-7-14-5-2-1-3-6-14/h1-3,5-6,15-16H,4,7-13H2/t15-/m1/s1. The van der Waals surface area contributed by atoms with Gasteiger partial charge in [-0.15, -0.1) is 0 Å². The summed E-state index contributed by atoms with van der Waals surface area (Å²) in [4.78, 5) is 14.0. The molecule has 2 fully saturated rings. The predicted octanol–water partition coefficient (Wildman–Crippen LogP) is 1.88. The van der Waals surface area contributed by atoms with Gasteiger partial charge in [0.2, 0.25) is 5.91 Å². The molecule has 3 rings (SSSR count). The molecule has 0 aromatic heterocycles. The number of benzene rings is 1. The Labute approximate surface area is 126 Å². The van der Waals surface area contributed by atoms with E-state index in [9.17, 15) is 4.79 Å². The van der Waals surface area contributed by atoms with Crippen molar-refractivity contribution in [3.63, 3.8) is 0 Å². The van der Waals surface area contributed by atoms with Crippen molar-refractivity contribution < 1.29 is 14.3 Å². The Bertz CT molecular complexity index is 450. The van der Waals surface area contributed by atoms with E-state index in [0.29, 0.717) is 6.61 Å². The van der Waals surface area contributed by atoms with Crippen LogP contribution in [0.5, 0.6) is 0 Å². The summed E-state index contributed by atoms with van der Waals surface area (Å²) >= 11 is 0. The molecule has 0 unspecified atom stereocenters. The largest absolute Gasteiger partial charge is 0.381 e. The maximum Gasteiger partial charge on any atom is 0.228 e. The van der Waals surface area contributed by atoms with Gasteiger partial charge in [-0.3, -0.25) is 4.79 Å². The smallest absolute Gasteiger partial charge is 0.228 e. The van der Waals surface area contributed by atoms with E-state index in [2.05, 4.69) is 24.3 Å². The highest BCUT2D eigenvalue weighted by Gasteiger charge is 2.36. The summed E-state index contributed by atoms with van der Waals surface area (Å²) in [7, 11) is 0. The van der Waals surface area contributed by atoms with Crippen molar-refractivity contribution in [3.05, 3.63) is 35.9 Å². The first-order chi connectivity index (χ1) is 10.3. The lowest BCUT2D eigenvalue weighted by Gasteiger charge is -2.40. The van der Waals surface area contributed by atoms with Crippen LogP contribution in [0.1, 0.15) is 18.4 Å². The Morgan fingerprint density at radius 3 is 2.81 bits per heavy atom. The molecule has 1 atom stereocenters. The van der Waals surface area contributed by atoms with Crippen LogP contribution in [0.3, 0.4) is 0 Å². The van der Waals surface area contributed by atoms with Gasteiger partial charge in [0.1, 0.15) is 0 Å². The van der Waals surface area contributed by atoms with Crippen LogP contribution in [0.4, 0.5) is 0 Å². The highest BCUT2D eigenvalue weighted by molar-refractivity contribution is 5.80. The van der Waals surface area contributed by atoms with Crippen molar-refractivity contribution in [1.82, 2.24) is 4.90 Å². The number of hydrogen-bond acceptors (Lipinski definition) is 3. The molecule has 0 N–H and O–H groups in total. The number of aryl methyl sites for hydroxylation is 1. The van der Waals surface area contributed by atoms with Crippen LogP contribution in [-0.4, -0.2) is 49.8 Å². The first kappa shape index (κ1) is 14.5. The average Bonchev–Trinajstić information content (AvgIpc) is 3.00. The van der Waals surface area contributed by atoms with Crippen molar-refractivity contribution in [1.29, 1.82) is 0 Å². The summed E-state index contributed by atoms with van der Waals surface area (Å²) in [6.45, 7) is 3.59. The van der Waals surface area contributed by atoms with Gasteiger partial charge in [-0.25, -0.2) is 0 Å². The van der Waals surface area contributed by atoms with Crippen molar-refractivity contribution in [2.75, 3.05) is 32.9 Å². The van der Waals surface area contributed by atoms with Gasteiger partial charge < -0.3 is 14.4 Å². The molecule has 1 aromatic rings. The SMILES string of the molecule is O=C([C@@H]1CCOC1)N1CC(OCCCc2ccccc2)C1. The van der Waals surface area contributed by atoms with E-state index in [1.54, 1.807) is 0 Å². The molecule has 114 valence electrons. The van der Waals surface area contributed by atoms with E-state index in [1.165, 1.54) is 5.56 Å². The summed E-state index contributed by atoms with van der Waals surface area (Å²) in [5, 5.41) is 0. The van der Waals surface area contributed by atoms with Crippen molar-refractivity contribution in [2.24, 2.45) is 5.92 Å². The van der Waals surface area contributed by atoms with Crippen LogP contribution >= 0.6 is 0 Å². The zero-order valence-electron chi connectivity index (χ0n) is 12.4. The molecule has 0 radical (unpaired) electrons. The molecule has 0 spiro atoms. The van der Waals surface area contributed by atoms with Crippen molar-refractivity contribution in [2.45, 2.75) is 25.4 Å². The Balaban J connectivity index is 1.28. The van der Waals surface area contributed by atoms with Crippen molar-refractivity contribution in [3.8, 4) is 0 Å². The molecule has 4 heteroatoms. The fourth-order valence-corrected chi connectivity index (χ4v) is 2.88. The quantitative estimate of drug-likeness (QED) is 0.751. The number of nitrogens with zero attached hydrogens (tertiary/aromatic N) is 1. The molecule has 2 aliphatic heterocycles. The highest BCUT2D eigenvalue weighted by Crippen LogP contribution is 2.21. The van der Waals surface area contributed by atoms with E-state index < -0.39 is 0 Å². The van der Waals surface area contributed by atoms with Gasteiger partial charge in [-0.2, -0.15) is 0 Å². The molecular formula is C17H23NO3. The third-order valence-electron chi connectivity index (χ3n) is 4.24. The van der Waals surface area contributed by atoms with Crippen LogP contribution in [0, 0.1) is 5.92 Å². The Kier molecular flexibility index (Phi) is 4.88. The fraction of sp³-hybridized carbons (Fsp3) is 0.588. The van der Waals surface area contributed by atoms with Gasteiger partial charge in [-0.1, -0.05) is 30.3 Å². The summed E-state index contributed by atoms with van der Waals surface area (Å²) in [6.07, 6.45) is 3.19. The second kappa shape index (κ2) is 7.05. The first-order valence-corrected chi connectivity index (χ1v) is 7.85. The maximum absolute atomic E-state index is 12.1. The molecule has 1 amide bonds. The van der Waals surface area contributed by atoms with Crippen LogP contribution in [0.15, 0.2) is 30.3 Å². The number of ether oxygens (including phenoxy) is 2. The van der Waals surface area contributed by atoms with Gasteiger partial charge >= 0.3 is 0 Å². The number of amides is 1. The van der Waals surface area contributed by atoms with Gasteiger partial charge in [0.15, 0.2) is 0 Å². The number of hydrogen-bond donors (Lipinski definition) is 0. The van der Waals surface area contributed by atoms with E-state index in [0.717, 1.165) is 45.6 Å². The first-order valence-electron chi connectivity index (χ1n) is 7.85. The van der Waals surface area contributed by atoms with E-state index in [4.69, 9.17) is 9.47 Å². The number of likely N-dealkylation sites (tertiary alicyclic amines) is 1. The topological polar surface area (TPSA) is 38.8 Å². The minimum absolute atomic E-state index is 0.0871. The lowest BCUT2D eigenvalue weighted by atomic mass is 10.0. The molecular weight excluding hydrogens is 266 g/mol. The molecule has 0 bridgehead atoms. The number of carbonyl (C=O) groups is 1. The summed E-state index contributed by atoms with van der Waals surface area (Å²) in [5.41, 5.74) is 1.35. The van der Waals surface area contributed by atoms with E-state index >= 15 is 0 Å². The minimum atomic E-state index is 0.0871. The van der Waals surface area contributed by atoms with Crippen molar-refractivity contribution >= 4 is 5.91 Å². The molecule has 0 aliphatic carbocycles.